The van der Waals surface area contributed by atoms with Crippen molar-refractivity contribution in [3.8, 4) is 12.1 Å². The summed E-state index contributed by atoms with van der Waals surface area (Å²) in [6.07, 6.45) is 1.74. The molecule has 1 fully saturated rings. The van der Waals surface area contributed by atoms with E-state index in [-0.39, 0.29) is 6.04 Å². The van der Waals surface area contributed by atoms with Crippen LogP contribution in [0.5, 0.6) is 0 Å². The quantitative estimate of drug-likeness (QED) is 0.735. The summed E-state index contributed by atoms with van der Waals surface area (Å²) in [6.45, 7) is 5.24. The van der Waals surface area contributed by atoms with Gasteiger partial charge in [-0.1, -0.05) is 13.3 Å². The SMILES string of the molecule is CCCC(C#N)N1CCN(S(=O)(=O)C(C)C#N)CC1. The second-order valence-corrected chi connectivity index (χ2v) is 6.94. The van der Waals surface area contributed by atoms with Crippen LogP contribution in [0.15, 0.2) is 0 Å². The Morgan fingerprint density at radius 3 is 2.16 bits per heavy atom. The van der Waals surface area contributed by atoms with Gasteiger partial charge in [0.15, 0.2) is 5.25 Å². The fraction of sp³-hybridized carbons (Fsp3) is 0.833. The first-order valence-electron chi connectivity index (χ1n) is 6.49. The van der Waals surface area contributed by atoms with E-state index < -0.39 is 15.3 Å². The lowest BCUT2D eigenvalue weighted by Crippen LogP contribution is -2.53. The third-order valence-electron chi connectivity index (χ3n) is 3.41. The average molecular weight is 284 g/mol. The Kier molecular flexibility index (Phi) is 5.74. The molecule has 2 unspecified atom stereocenters. The molecule has 6 nitrogen and oxygen atoms in total. The minimum Gasteiger partial charge on any atom is -0.285 e. The van der Waals surface area contributed by atoms with Crippen molar-refractivity contribution >= 4 is 10.0 Å². The minimum atomic E-state index is -3.52. The fourth-order valence-corrected chi connectivity index (χ4v) is 3.41. The lowest BCUT2D eigenvalue weighted by Gasteiger charge is -2.36. The highest BCUT2D eigenvalue weighted by Gasteiger charge is 2.33. The summed E-state index contributed by atoms with van der Waals surface area (Å²) in [4.78, 5) is 2.02. The lowest BCUT2D eigenvalue weighted by molar-refractivity contribution is 0.156. The molecule has 0 aliphatic carbocycles. The maximum Gasteiger partial charge on any atom is 0.230 e. The summed E-state index contributed by atoms with van der Waals surface area (Å²) in [7, 11) is -3.52. The van der Waals surface area contributed by atoms with Gasteiger partial charge in [-0.2, -0.15) is 14.8 Å². The van der Waals surface area contributed by atoms with Gasteiger partial charge in [0, 0.05) is 26.2 Å². The van der Waals surface area contributed by atoms with E-state index in [1.165, 1.54) is 11.2 Å². The van der Waals surface area contributed by atoms with E-state index >= 15 is 0 Å². The van der Waals surface area contributed by atoms with Crippen LogP contribution in [0.3, 0.4) is 0 Å². The van der Waals surface area contributed by atoms with Crippen LogP contribution in [0.2, 0.25) is 0 Å². The molecule has 0 spiro atoms. The lowest BCUT2D eigenvalue weighted by atomic mass is 10.1. The van der Waals surface area contributed by atoms with Gasteiger partial charge in [0.05, 0.1) is 18.2 Å². The van der Waals surface area contributed by atoms with Crippen LogP contribution in [0.1, 0.15) is 26.7 Å². The van der Waals surface area contributed by atoms with E-state index in [4.69, 9.17) is 10.5 Å². The van der Waals surface area contributed by atoms with Crippen LogP contribution in [0.4, 0.5) is 0 Å². The van der Waals surface area contributed by atoms with Crippen molar-refractivity contribution in [3.05, 3.63) is 0 Å². The van der Waals surface area contributed by atoms with Gasteiger partial charge in [-0.15, -0.1) is 0 Å². The van der Waals surface area contributed by atoms with Crippen molar-refractivity contribution in [1.29, 1.82) is 10.5 Å². The molecule has 0 aromatic heterocycles. The molecule has 0 saturated carbocycles. The van der Waals surface area contributed by atoms with Crippen molar-refractivity contribution in [2.24, 2.45) is 0 Å². The second kappa shape index (κ2) is 6.85. The molecule has 2 atom stereocenters. The largest absolute Gasteiger partial charge is 0.285 e. The highest BCUT2D eigenvalue weighted by Crippen LogP contribution is 2.15. The summed E-state index contributed by atoms with van der Waals surface area (Å²) in [5.74, 6) is 0. The fourth-order valence-electron chi connectivity index (χ4n) is 2.16. The smallest absolute Gasteiger partial charge is 0.230 e. The number of piperazine rings is 1. The Balaban J connectivity index is 2.64. The minimum absolute atomic E-state index is 0.136. The number of sulfonamides is 1. The zero-order valence-corrected chi connectivity index (χ0v) is 12.2. The number of hydrogen-bond donors (Lipinski definition) is 0. The molecule has 1 rings (SSSR count). The Hall–Kier alpha value is -1.15. The Bertz CT molecular complexity index is 469. The third kappa shape index (κ3) is 3.66. The first-order valence-corrected chi connectivity index (χ1v) is 8.00. The van der Waals surface area contributed by atoms with Gasteiger partial charge < -0.3 is 0 Å². The van der Waals surface area contributed by atoms with Gasteiger partial charge in [-0.25, -0.2) is 8.42 Å². The summed E-state index contributed by atoms with van der Waals surface area (Å²) < 4.78 is 25.4. The molecule has 1 aliphatic rings. The van der Waals surface area contributed by atoms with Crippen molar-refractivity contribution in [2.45, 2.75) is 38.0 Å². The summed E-state index contributed by atoms with van der Waals surface area (Å²) in [5.41, 5.74) is 0. The molecule has 0 radical (unpaired) electrons. The van der Waals surface area contributed by atoms with E-state index in [1.54, 1.807) is 6.07 Å². The molecule has 1 heterocycles. The Morgan fingerprint density at radius 1 is 1.16 bits per heavy atom. The number of nitrogens with zero attached hydrogens (tertiary/aromatic N) is 4. The van der Waals surface area contributed by atoms with Gasteiger partial charge in [0.1, 0.15) is 0 Å². The first kappa shape index (κ1) is 15.9. The molecule has 0 bridgehead atoms. The Morgan fingerprint density at radius 2 is 1.74 bits per heavy atom. The zero-order chi connectivity index (χ0) is 14.5. The zero-order valence-electron chi connectivity index (χ0n) is 11.4. The van der Waals surface area contributed by atoms with Crippen LogP contribution in [0.25, 0.3) is 0 Å². The number of hydrogen-bond acceptors (Lipinski definition) is 5. The highest BCUT2D eigenvalue weighted by atomic mass is 32.2. The predicted octanol–water partition coefficient (Wildman–Crippen LogP) is 0.538. The Labute approximate surface area is 115 Å². The monoisotopic (exact) mass is 284 g/mol. The maximum absolute atomic E-state index is 12.0. The van der Waals surface area contributed by atoms with Crippen LogP contribution < -0.4 is 0 Å². The van der Waals surface area contributed by atoms with E-state index in [0.29, 0.717) is 26.2 Å². The van der Waals surface area contributed by atoms with E-state index in [0.717, 1.165) is 12.8 Å². The van der Waals surface area contributed by atoms with Gasteiger partial charge in [-0.3, -0.25) is 4.90 Å². The summed E-state index contributed by atoms with van der Waals surface area (Å²) in [6, 6.07) is 3.90. The molecular formula is C12H20N4O2S. The van der Waals surface area contributed by atoms with Crippen molar-refractivity contribution in [1.82, 2.24) is 9.21 Å². The molecule has 0 aromatic carbocycles. The van der Waals surface area contributed by atoms with E-state index in [9.17, 15) is 8.42 Å². The van der Waals surface area contributed by atoms with Crippen molar-refractivity contribution in [2.75, 3.05) is 26.2 Å². The molecule has 0 N–H and O–H groups in total. The first-order chi connectivity index (χ1) is 8.97. The third-order valence-corrected chi connectivity index (χ3v) is 5.50. The molecule has 1 aliphatic heterocycles. The van der Waals surface area contributed by atoms with Crippen molar-refractivity contribution < 1.29 is 8.42 Å². The normalized spacial score (nSPS) is 21.3. The highest BCUT2D eigenvalue weighted by molar-refractivity contribution is 7.89. The standard InChI is InChI=1S/C12H20N4O2S/c1-3-4-12(10-14)15-5-7-16(8-6-15)19(17,18)11(2)9-13/h11-12H,3-8H2,1-2H3. The predicted molar refractivity (Wildman–Crippen MR) is 71.4 cm³/mol. The van der Waals surface area contributed by atoms with Gasteiger partial charge in [0.2, 0.25) is 10.0 Å². The molecular weight excluding hydrogens is 264 g/mol. The molecule has 7 heteroatoms. The summed E-state index contributed by atoms with van der Waals surface area (Å²) in [5, 5.41) is 16.8. The van der Waals surface area contributed by atoms with Crippen LogP contribution in [-0.4, -0.2) is 55.1 Å². The second-order valence-electron chi connectivity index (χ2n) is 4.68. The maximum atomic E-state index is 12.0. The van der Waals surface area contributed by atoms with Crippen molar-refractivity contribution in [3.63, 3.8) is 0 Å². The van der Waals surface area contributed by atoms with E-state index in [2.05, 4.69) is 6.07 Å². The molecule has 106 valence electrons. The number of rotatable bonds is 5. The molecule has 1 saturated heterocycles. The molecule has 19 heavy (non-hydrogen) atoms. The molecule has 0 aromatic rings. The van der Waals surface area contributed by atoms with Gasteiger partial charge >= 0.3 is 0 Å². The van der Waals surface area contributed by atoms with Crippen LogP contribution in [-0.2, 0) is 10.0 Å². The van der Waals surface area contributed by atoms with Gasteiger partial charge in [-0.05, 0) is 13.3 Å². The van der Waals surface area contributed by atoms with Gasteiger partial charge in [0.25, 0.3) is 0 Å². The number of nitriles is 2. The van der Waals surface area contributed by atoms with E-state index in [1.807, 2.05) is 11.8 Å². The average Bonchev–Trinajstić information content (AvgIpc) is 2.43. The summed E-state index contributed by atoms with van der Waals surface area (Å²) >= 11 is 0. The molecule has 0 amide bonds. The topological polar surface area (TPSA) is 88.2 Å². The van der Waals surface area contributed by atoms with Crippen LogP contribution >= 0.6 is 0 Å². The van der Waals surface area contributed by atoms with Crippen LogP contribution in [0, 0.1) is 22.7 Å².